The second-order valence-electron chi connectivity index (χ2n) is 8.18. The van der Waals surface area contributed by atoms with Gasteiger partial charge in [-0.15, -0.1) is 0 Å². The number of aryl methyl sites for hydroxylation is 2. The van der Waals surface area contributed by atoms with Crippen molar-refractivity contribution in [1.29, 1.82) is 0 Å². The molecule has 0 aliphatic rings. The van der Waals surface area contributed by atoms with Crippen LogP contribution in [0.3, 0.4) is 0 Å². The Morgan fingerprint density at radius 3 is 2.34 bits per heavy atom. The van der Waals surface area contributed by atoms with E-state index < -0.39 is 27.7 Å². The van der Waals surface area contributed by atoms with Crippen LogP contribution in [-0.2, 0) is 14.8 Å². The van der Waals surface area contributed by atoms with Crippen molar-refractivity contribution in [3.8, 4) is 11.5 Å². The van der Waals surface area contributed by atoms with Crippen LogP contribution in [0.1, 0.15) is 24.5 Å². The number of rotatable bonds is 7. The molecule has 0 saturated heterocycles. The number of carbonyl (C=O) groups excluding carboxylic acids is 1. The van der Waals surface area contributed by atoms with Gasteiger partial charge >= 0.3 is 11.6 Å². The van der Waals surface area contributed by atoms with Gasteiger partial charge in [-0.1, -0.05) is 24.6 Å². The molecule has 4 aromatic rings. The number of fused-ring (bicyclic) bond motifs is 3. The fraction of sp³-hybridized carbons (Fsp3) is 0.231. The Morgan fingerprint density at radius 2 is 1.69 bits per heavy atom. The van der Waals surface area contributed by atoms with Gasteiger partial charge in [0.15, 0.2) is 0 Å². The van der Waals surface area contributed by atoms with Crippen LogP contribution in [0.2, 0.25) is 0 Å². The van der Waals surface area contributed by atoms with Crippen molar-refractivity contribution in [3.63, 3.8) is 0 Å². The number of sulfonamides is 1. The van der Waals surface area contributed by atoms with Gasteiger partial charge in [-0.05, 0) is 62.7 Å². The van der Waals surface area contributed by atoms with Gasteiger partial charge < -0.3 is 13.9 Å². The molecule has 0 aliphatic heterocycles. The minimum Gasteiger partial charge on any atom is -0.497 e. The first-order valence-corrected chi connectivity index (χ1v) is 12.5. The number of ether oxygens (including phenoxy) is 2. The number of hydrogen-bond donors (Lipinski definition) is 1. The topological polar surface area (TPSA) is 112 Å². The largest absolute Gasteiger partial charge is 0.497 e. The summed E-state index contributed by atoms with van der Waals surface area (Å²) < 4.78 is 44.2. The second kappa shape index (κ2) is 9.52. The number of nitrogens with one attached hydrogen (secondary N) is 1. The quantitative estimate of drug-likeness (QED) is 0.177. The minimum absolute atomic E-state index is 0.0570. The first-order chi connectivity index (χ1) is 16.6. The molecule has 0 spiro atoms. The van der Waals surface area contributed by atoms with E-state index in [9.17, 15) is 18.0 Å². The fourth-order valence-electron chi connectivity index (χ4n) is 3.78. The van der Waals surface area contributed by atoms with E-state index in [1.807, 2.05) is 6.92 Å². The summed E-state index contributed by atoms with van der Waals surface area (Å²) in [5.74, 6) is -0.0601. The van der Waals surface area contributed by atoms with E-state index in [1.165, 1.54) is 19.2 Å². The van der Waals surface area contributed by atoms with Crippen molar-refractivity contribution in [2.75, 3.05) is 7.11 Å². The Morgan fingerprint density at radius 1 is 1.00 bits per heavy atom. The Kier molecular flexibility index (Phi) is 6.64. The predicted octanol–water partition coefficient (Wildman–Crippen LogP) is 4.23. The van der Waals surface area contributed by atoms with Crippen molar-refractivity contribution in [2.24, 2.45) is 0 Å². The standard InChI is InChI=1S/C26H25NO7S/c1-5-22(27-35(30,31)18-9-6-15(2)7-10-18)26(29)33-23-13-12-20-19-11-8-17(32-4)14-21(19)25(28)34-24(20)16(23)3/h6-14,22,27H,5H2,1-4H3/t22-/m1/s1. The van der Waals surface area contributed by atoms with Crippen LogP contribution < -0.4 is 19.8 Å². The highest BCUT2D eigenvalue weighted by Crippen LogP contribution is 2.32. The third-order valence-corrected chi connectivity index (χ3v) is 7.31. The van der Waals surface area contributed by atoms with E-state index in [4.69, 9.17) is 13.9 Å². The van der Waals surface area contributed by atoms with Gasteiger partial charge in [0, 0.05) is 16.3 Å². The van der Waals surface area contributed by atoms with Crippen LogP contribution in [-0.4, -0.2) is 27.5 Å². The fourth-order valence-corrected chi connectivity index (χ4v) is 5.05. The van der Waals surface area contributed by atoms with Crippen molar-refractivity contribution in [2.45, 2.75) is 38.1 Å². The lowest BCUT2D eigenvalue weighted by Gasteiger charge is -2.17. The van der Waals surface area contributed by atoms with E-state index in [1.54, 1.807) is 56.3 Å². The molecule has 1 atom stereocenters. The van der Waals surface area contributed by atoms with Crippen LogP contribution in [0.15, 0.2) is 68.7 Å². The molecule has 182 valence electrons. The number of methoxy groups -OCH3 is 1. The lowest BCUT2D eigenvalue weighted by atomic mass is 10.0. The molecule has 1 aromatic heterocycles. The highest BCUT2D eigenvalue weighted by molar-refractivity contribution is 7.89. The summed E-state index contributed by atoms with van der Waals surface area (Å²) in [6.07, 6.45) is 0.179. The van der Waals surface area contributed by atoms with Gasteiger partial charge in [-0.3, -0.25) is 0 Å². The molecule has 0 fully saturated rings. The van der Waals surface area contributed by atoms with E-state index in [-0.39, 0.29) is 22.6 Å². The highest BCUT2D eigenvalue weighted by Gasteiger charge is 2.27. The van der Waals surface area contributed by atoms with Crippen LogP contribution in [0.5, 0.6) is 11.5 Å². The molecule has 1 heterocycles. The Labute approximate surface area is 202 Å². The molecule has 0 unspecified atom stereocenters. The maximum absolute atomic E-state index is 12.9. The summed E-state index contributed by atoms with van der Waals surface area (Å²) in [4.78, 5) is 25.6. The summed E-state index contributed by atoms with van der Waals surface area (Å²) in [6.45, 7) is 5.20. The maximum atomic E-state index is 12.9. The van der Waals surface area contributed by atoms with Crippen LogP contribution in [0, 0.1) is 13.8 Å². The number of esters is 1. The van der Waals surface area contributed by atoms with Crippen molar-refractivity contribution in [1.82, 2.24) is 4.72 Å². The zero-order chi connectivity index (χ0) is 25.3. The first kappa shape index (κ1) is 24.4. The first-order valence-electron chi connectivity index (χ1n) is 11.0. The molecule has 0 bridgehead atoms. The monoisotopic (exact) mass is 495 g/mol. The third-order valence-electron chi connectivity index (χ3n) is 5.82. The Hall–Kier alpha value is -3.69. The number of carbonyl (C=O) groups is 1. The van der Waals surface area contributed by atoms with E-state index in [0.29, 0.717) is 27.5 Å². The van der Waals surface area contributed by atoms with Crippen molar-refractivity contribution < 1.29 is 27.1 Å². The molecular weight excluding hydrogens is 470 g/mol. The molecular formula is C26H25NO7S. The van der Waals surface area contributed by atoms with Crippen LogP contribution in [0.25, 0.3) is 21.7 Å². The molecule has 0 saturated carbocycles. The van der Waals surface area contributed by atoms with Crippen molar-refractivity contribution in [3.05, 3.63) is 76.1 Å². The minimum atomic E-state index is -3.93. The SMILES string of the molecule is CC[C@@H](NS(=O)(=O)c1ccc(C)cc1)C(=O)Oc1ccc2c(oc(=O)c3cc(OC)ccc32)c1C. The summed E-state index contributed by atoms with van der Waals surface area (Å²) in [5, 5.41) is 1.72. The zero-order valence-electron chi connectivity index (χ0n) is 19.7. The smallest absolute Gasteiger partial charge is 0.344 e. The van der Waals surface area contributed by atoms with Gasteiger partial charge in [0.2, 0.25) is 10.0 Å². The molecule has 0 aliphatic carbocycles. The third kappa shape index (κ3) is 4.78. The maximum Gasteiger partial charge on any atom is 0.344 e. The van der Waals surface area contributed by atoms with Crippen LogP contribution in [0.4, 0.5) is 0 Å². The Balaban J connectivity index is 1.64. The Bertz CT molecular complexity index is 1590. The summed E-state index contributed by atoms with van der Waals surface area (Å²) in [6, 6.07) is 13.6. The molecule has 4 rings (SSSR count). The molecule has 35 heavy (non-hydrogen) atoms. The molecule has 9 heteroatoms. The number of benzene rings is 3. The van der Waals surface area contributed by atoms with Crippen LogP contribution >= 0.6 is 0 Å². The van der Waals surface area contributed by atoms with Gasteiger partial charge in [0.1, 0.15) is 23.1 Å². The average molecular weight is 496 g/mol. The van der Waals surface area contributed by atoms with Gasteiger partial charge in [-0.25, -0.2) is 18.0 Å². The molecule has 8 nitrogen and oxygen atoms in total. The summed E-state index contributed by atoms with van der Waals surface area (Å²) in [5.41, 5.74) is 1.10. The molecule has 0 amide bonds. The normalized spacial score (nSPS) is 12.6. The second-order valence-corrected chi connectivity index (χ2v) is 9.90. The van der Waals surface area contributed by atoms with Gasteiger partial charge in [0.25, 0.3) is 0 Å². The lowest BCUT2D eigenvalue weighted by Crippen LogP contribution is -2.42. The summed E-state index contributed by atoms with van der Waals surface area (Å²) >= 11 is 0. The van der Waals surface area contributed by atoms with E-state index in [2.05, 4.69) is 4.72 Å². The predicted molar refractivity (Wildman–Crippen MR) is 132 cm³/mol. The van der Waals surface area contributed by atoms with E-state index >= 15 is 0 Å². The summed E-state index contributed by atoms with van der Waals surface area (Å²) in [7, 11) is -2.41. The van der Waals surface area contributed by atoms with Gasteiger partial charge in [0.05, 0.1) is 17.4 Å². The lowest BCUT2D eigenvalue weighted by molar-refractivity contribution is -0.136. The molecule has 1 N–H and O–H groups in total. The highest BCUT2D eigenvalue weighted by atomic mass is 32.2. The van der Waals surface area contributed by atoms with E-state index in [0.717, 1.165) is 5.56 Å². The number of hydrogen-bond acceptors (Lipinski definition) is 7. The molecule has 3 aromatic carbocycles. The van der Waals surface area contributed by atoms with Crippen molar-refractivity contribution >= 4 is 37.7 Å². The average Bonchev–Trinajstić information content (AvgIpc) is 2.84. The van der Waals surface area contributed by atoms with Gasteiger partial charge in [-0.2, -0.15) is 4.72 Å². The zero-order valence-corrected chi connectivity index (χ0v) is 20.6. The molecule has 0 radical (unpaired) electrons.